The van der Waals surface area contributed by atoms with Crippen molar-refractivity contribution in [3.63, 3.8) is 0 Å². The second-order valence-electron chi connectivity index (χ2n) is 5.19. The Labute approximate surface area is 106 Å². The molecular formula is C14H27NO2. The van der Waals surface area contributed by atoms with Crippen molar-refractivity contribution in [2.45, 2.75) is 57.9 Å². The Balaban J connectivity index is 2.55. The van der Waals surface area contributed by atoms with E-state index in [4.69, 9.17) is 4.74 Å². The summed E-state index contributed by atoms with van der Waals surface area (Å²) in [5.41, 5.74) is -0.242. The number of methoxy groups -OCH3 is 1. The molecule has 0 aromatic rings. The van der Waals surface area contributed by atoms with Crippen LogP contribution in [0.5, 0.6) is 0 Å². The average molecular weight is 241 g/mol. The van der Waals surface area contributed by atoms with E-state index in [2.05, 4.69) is 18.7 Å². The van der Waals surface area contributed by atoms with Crippen LogP contribution in [0.2, 0.25) is 0 Å². The summed E-state index contributed by atoms with van der Waals surface area (Å²) in [6.07, 6.45) is 6.20. The number of hydrogen-bond donors (Lipinski definition) is 0. The lowest BCUT2D eigenvalue weighted by Gasteiger charge is -2.42. The average Bonchev–Trinajstić information content (AvgIpc) is 2.39. The molecule has 0 radical (unpaired) electrons. The molecule has 0 aromatic heterocycles. The SMILES string of the molecule is CCC(C)(C(=O)CCCOC)N1CCCCC1. The van der Waals surface area contributed by atoms with Gasteiger partial charge in [0.2, 0.25) is 0 Å². The molecule has 1 saturated heterocycles. The molecule has 1 fully saturated rings. The summed E-state index contributed by atoms with van der Waals surface area (Å²) in [6, 6.07) is 0. The molecule has 0 amide bonds. The number of carbonyl (C=O) groups excluding carboxylic acids is 1. The number of ketones is 1. The van der Waals surface area contributed by atoms with E-state index >= 15 is 0 Å². The van der Waals surface area contributed by atoms with Gasteiger partial charge in [0, 0.05) is 20.1 Å². The van der Waals surface area contributed by atoms with Gasteiger partial charge in [-0.05, 0) is 45.7 Å². The lowest BCUT2D eigenvalue weighted by atomic mass is 9.87. The number of nitrogens with zero attached hydrogens (tertiary/aromatic N) is 1. The Morgan fingerprint density at radius 3 is 2.47 bits per heavy atom. The molecule has 3 heteroatoms. The van der Waals surface area contributed by atoms with Crippen LogP contribution in [0.4, 0.5) is 0 Å². The van der Waals surface area contributed by atoms with Gasteiger partial charge in [0.15, 0.2) is 5.78 Å². The number of rotatable bonds is 7. The van der Waals surface area contributed by atoms with Gasteiger partial charge in [-0.15, -0.1) is 0 Å². The van der Waals surface area contributed by atoms with Crippen LogP contribution in [0.25, 0.3) is 0 Å². The Morgan fingerprint density at radius 1 is 1.29 bits per heavy atom. The summed E-state index contributed by atoms with van der Waals surface area (Å²) in [5.74, 6) is 0.388. The molecule has 1 aliphatic rings. The zero-order chi connectivity index (χ0) is 12.7. The number of carbonyl (C=O) groups is 1. The Hall–Kier alpha value is -0.410. The van der Waals surface area contributed by atoms with Gasteiger partial charge < -0.3 is 4.74 Å². The van der Waals surface area contributed by atoms with Crippen molar-refractivity contribution < 1.29 is 9.53 Å². The van der Waals surface area contributed by atoms with Crippen LogP contribution >= 0.6 is 0 Å². The van der Waals surface area contributed by atoms with Crippen molar-refractivity contribution in [3.8, 4) is 0 Å². The number of hydrogen-bond acceptors (Lipinski definition) is 3. The maximum absolute atomic E-state index is 12.4. The lowest BCUT2D eigenvalue weighted by Crippen LogP contribution is -2.53. The Bertz CT molecular complexity index is 236. The summed E-state index contributed by atoms with van der Waals surface area (Å²) in [4.78, 5) is 14.8. The summed E-state index contributed by atoms with van der Waals surface area (Å²) < 4.78 is 5.02. The molecule has 0 aromatic carbocycles. The summed E-state index contributed by atoms with van der Waals surface area (Å²) in [7, 11) is 1.69. The van der Waals surface area contributed by atoms with E-state index < -0.39 is 0 Å². The first-order valence-corrected chi connectivity index (χ1v) is 6.92. The molecule has 1 heterocycles. The maximum atomic E-state index is 12.4. The van der Waals surface area contributed by atoms with Crippen LogP contribution in [-0.4, -0.2) is 43.0 Å². The van der Waals surface area contributed by atoms with Crippen LogP contribution in [0, 0.1) is 0 Å². The molecule has 0 N–H and O–H groups in total. The molecule has 0 spiro atoms. The number of likely N-dealkylation sites (tertiary alicyclic amines) is 1. The minimum Gasteiger partial charge on any atom is -0.385 e. The highest BCUT2D eigenvalue weighted by Crippen LogP contribution is 2.26. The molecule has 0 saturated carbocycles. The van der Waals surface area contributed by atoms with E-state index in [1.165, 1.54) is 19.3 Å². The highest BCUT2D eigenvalue weighted by atomic mass is 16.5. The molecule has 0 aliphatic carbocycles. The fourth-order valence-corrected chi connectivity index (χ4v) is 2.63. The highest BCUT2D eigenvalue weighted by molar-refractivity contribution is 5.87. The summed E-state index contributed by atoms with van der Waals surface area (Å²) >= 11 is 0. The molecule has 17 heavy (non-hydrogen) atoms. The first-order chi connectivity index (χ1) is 8.15. The minimum absolute atomic E-state index is 0.242. The van der Waals surface area contributed by atoms with E-state index in [0.29, 0.717) is 18.8 Å². The van der Waals surface area contributed by atoms with Crippen molar-refractivity contribution in [2.75, 3.05) is 26.8 Å². The molecule has 0 bridgehead atoms. The predicted molar refractivity (Wildman–Crippen MR) is 70.2 cm³/mol. The topological polar surface area (TPSA) is 29.5 Å². The summed E-state index contributed by atoms with van der Waals surface area (Å²) in [6.45, 7) is 7.10. The smallest absolute Gasteiger partial charge is 0.152 e. The van der Waals surface area contributed by atoms with Gasteiger partial charge in [-0.3, -0.25) is 9.69 Å². The fraction of sp³-hybridized carbons (Fsp3) is 0.929. The Kier molecular flexibility index (Phi) is 6.14. The van der Waals surface area contributed by atoms with Gasteiger partial charge in [0.25, 0.3) is 0 Å². The predicted octanol–water partition coefficient (Wildman–Crippen LogP) is 2.64. The fourth-order valence-electron chi connectivity index (χ4n) is 2.63. The van der Waals surface area contributed by atoms with E-state index in [1.54, 1.807) is 7.11 Å². The van der Waals surface area contributed by atoms with E-state index in [9.17, 15) is 4.79 Å². The van der Waals surface area contributed by atoms with Gasteiger partial charge in [-0.25, -0.2) is 0 Å². The van der Waals surface area contributed by atoms with Crippen LogP contribution in [0.3, 0.4) is 0 Å². The van der Waals surface area contributed by atoms with E-state index in [1.807, 2.05) is 0 Å². The van der Waals surface area contributed by atoms with Crippen molar-refractivity contribution >= 4 is 5.78 Å². The van der Waals surface area contributed by atoms with Crippen LogP contribution in [-0.2, 0) is 9.53 Å². The normalized spacial score (nSPS) is 21.1. The van der Waals surface area contributed by atoms with E-state index in [0.717, 1.165) is 25.9 Å². The Morgan fingerprint density at radius 2 is 1.94 bits per heavy atom. The lowest BCUT2D eigenvalue weighted by molar-refractivity contribution is -0.131. The van der Waals surface area contributed by atoms with Crippen molar-refractivity contribution in [3.05, 3.63) is 0 Å². The largest absolute Gasteiger partial charge is 0.385 e. The third-order valence-electron chi connectivity index (χ3n) is 4.10. The molecule has 1 rings (SSSR count). The minimum atomic E-state index is -0.242. The van der Waals surface area contributed by atoms with Crippen LogP contribution in [0.15, 0.2) is 0 Å². The van der Waals surface area contributed by atoms with Crippen molar-refractivity contribution in [1.29, 1.82) is 0 Å². The molecule has 1 aliphatic heterocycles. The second-order valence-corrected chi connectivity index (χ2v) is 5.19. The number of Topliss-reactive ketones (excluding diaryl/α,β-unsaturated/α-hetero) is 1. The molecule has 1 unspecified atom stereocenters. The maximum Gasteiger partial charge on any atom is 0.152 e. The zero-order valence-electron chi connectivity index (χ0n) is 11.6. The first kappa shape index (κ1) is 14.7. The van der Waals surface area contributed by atoms with Gasteiger partial charge in [-0.2, -0.15) is 0 Å². The van der Waals surface area contributed by atoms with Gasteiger partial charge in [-0.1, -0.05) is 13.3 Å². The number of piperidine rings is 1. The standard InChI is InChI=1S/C14H27NO2/c1-4-14(2,13(16)9-8-12-17-3)15-10-6-5-7-11-15/h4-12H2,1-3H3. The molecule has 100 valence electrons. The quantitative estimate of drug-likeness (QED) is 0.642. The molecule has 3 nitrogen and oxygen atoms in total. The number of ether oxygens (including phenoxy) is 1. The second kappa shape index (κ2) is 7.12. The third kappa shape index (κ3) is 3.78. The van der Waals surface area contributed by atoms with Crippen molar-refractivity contribution in [2.24, 2.45) is 0 Å². The van der Waals surface area contributed by atoms with Gasteiger partial charge in [0.1, 0.15) is 0 Å². The van der Waals surface area contributed by atoms with Gasteiger partial charge >= 0.3 is 0 Å². The molecule has 1 atom stereocenters. The summed E-state index contributed by atoms with van der Waals surface area (Å²) in [5, 5.41) is 0. The first-order valence-electron chi connectivity index (χ1n) is 6.92. The van der Waals surface area contributed by atoms with E-state index in [-0.39, 0.29) is 5.54 Å². The monoisotopic (exact) mass is 241 g/mol. The van der Waals surface area contributed by atoms with Crippen LogP contribution in [0.1, 0.15) is 52.4 Å². The molecular weight excluding hydrogens is 214 g/mol. The van der Waals surface area contributed by atoms with Crippen molar-refractivity contribution in [1.82, 2.24) is 4.90 Å². The zero-order valence-corrected chi connectivity index (χ0v) is 11.6. The highest BCUT2D eigenvalue weighted by Gasteiger charge is 2.37. The van der Waals surface area contributed by atoms with Gasteiger partial charge in [0.05, 0.1) is 5.54 Å². The van der Waals surface area contributed by atoms with Crippen LogP contribution < -0.4 is 0 Å². The third-order valence-corrected chi connectivity index (χ3v) is 4.10.